The minimum Gasteiger partial charge on any atom is -0.379 e. The second-order valence-electron chi connectivity index (χ2n) is 4.78. The average molecular weight is 310 g/mol. The number of nitrogens with one attached hydrogen (secondary N) is 2. The molecule has 5 heteroatoms. The van der Waals surface area contributed by atoms with Crippen molar-refractivity contribution in [1.29, 1.82) is 0 Å². The van der Waals surface area contributed by atoms with Crippen molar-refractivity contribution >= 4 is 27.0 Å². The molecule has 2 atom stereocenters. The van der Waals surface area contributed by atoms with Crippen molar-refractivity contribution in [3.05, 3.63) is 28.0 Å². The Morgan fingerprint density at radius 2 is 2.28 bits per heavy atom. The van der Waals surface area contributed by atoms with E-state index < -0.39 is 0 Å². The van der Waals surface area contributed by atoms with Gasteiger partial charge in [0.25, 0.3) is 0 Å². The molecular formula is C13H16BrN3O. The number of aryl methyl sites for hydroxylation is 1. The summed E-state index contributed by atoms with van der Waals surface area (Å²) in [5, 5.41) is 3.29. The fourth-order valence-electron chi connectivity index (χ4n) is 2.55. The average Bonchev–Trinajstić information content (AvgIpc) is 2.92. The Labute approximate surface area is 114 Å². The number of hydrogen-bond acceptors (Lipinski definition) is 3. The minimum atomic E-state index is 0.306. The van der Waals surface area contributed by atoms with Crippen molar-refractivity contribution in [1.82, 2.24) is 15.3 Å². The van der Waals surface area contributed by atoms with E-state index in [0.717, 1.165) is 34.5 Å². The highest BCUT2D eigenvalue weighted by Gasteiger charge is 2.30. The molecule has 2 heterocycles. The van der Waals surface area contributed by atoms with Crippen LogP contribution in [0.4, 0.5) is 0 Å². The summed E-state index contributed by atoms with van der Waals surface area (Å²) in [5.74, 6) is 1.32. The highest BCUT2D eigenvalue weighted by Crippen LogP contribution is 2.28. The Morgan fingerprint density at radius 1 is 1.44 bits per heavy atom. The first-order chi connectivity index (χ1) is 8.69. The number of rotatable bonds is 2. The van der Waals surface area contributed by atoms with E-state index in [1.807, 2.05) is 7.05 Å². The first kappa shape index (κ1) is 12.1. The standard InChI is InChI=1S/C13H16BrN3O/c1-7-3-8(14)4-10-12(7)17-13(16-10)9-5-18-6-11(9)15-2/h3-4,9,11,15H,5-6H2,1-2H3,(H,16,17). The molecule has 1 aromatic heterocycles. The number of halogens is 1. The fourth-order valence-corrected chi connectivity index (χ4v) is 3.12. The topological polar surface area (TPSA) is 49.9 Å². The van der Waals surface area contributed by atoms with E-state index in [2.05, 4.69) is 45.3 Å². The van der Waals surface area contributed by atoms with E-state index in [0.29, 0.717) is 12.0 Å². The molecular weight excluding hydrogens is 294 g/mol. The summed E-state index contributed by atoms with van der Waals surface area (Å²) >= 11 is 3.52. The van der Waals surface area contributed by atoms with Crippen LogP contribution < -0.4 is 5.32 Å². The van der Waals surface area contributed by atoms with Crippen LogP contribution in [0.5, 0.6) is 0 Å². The highest BCUT2D eigenvalue weighted by atomic mass is 79.9. The van der Waals surface area contributed by atoms with E-state index in [1.165, 1.54) is 5.56 Å². The Kier molecular flexibility index (Phi) is 3.13. The summed E-state index contributed by atoms with van der Waals surface area (Å²) < 4.78 is 6.61. The van der Waals surface area contributed by atoms with Gasteiger partial charge in [-0.1, -0.05) is 15.9 Å². The maximum Gasteiger partial charge on any atom is 0.114 e. The molecule has 1 saturated heterocycles. The van der Waals surface area contributed by atoms with Gasteiger partial charge in [0.05, 0.1) is 30.2 Å². The molecule has 0 aliphatic carbocycles. The third kappa shape index (κ3) is 1.96. The van der Waals surface area contributed by atoms with Gasteiger partial charge in [0.2, 0.25) is 0 Å². The number of benzene rings is 1. The summed E-state index contributed by atoms with van der Waals surface area (Å²) in [7, 11) is 1.97. The lowest BCUT2D eigenvalue weighted by atomic mass is 10.0. The number of hydrogen-bond donors (Lipinski definition) is 2. The number of aromatic amines is 1. The molecule has 18 heavy (non-hydrogen) atoms. The largest absolute Gasteiger partial charge is 0.379 e. The van der Waals surface area contributed by atoms with Gasteiger partial charge in [-0.05, 0) is 31.7 Å². The van der Waals surface area contributed by atoms with Gasteiger partial charge in [0.1, 0.15) is 5.82 Å². The van der Waals surface area contributed by atoms with Crippen molar-refractivity contribution in [2.24, 2.45) is 0 Å². The van der Waals surface area contributed by atoms with E-state index in [9.17, 15) is 0 Å². The SMILES string of the molecule is CNC1COCC1c1nc2c(C)cc(Br)cc2[nH]1. The van der Waals surface area contributed by atoms with Crippen molar-refractivity contribution in [3.63, 3.8) is 0 Å². The van der Waals surface area contributed by atoms with Gasteiger partial charge in [-0.25, -0.2) is 4.98 Å². The Bertz CT molecular complexity index is 581. The number of H-pyrrole nitrogens is 1. The summed E-state index contributed by atoms with van der Waals surface area (Å²) in [6, 6.07) is 4.51. The normalized spacial score (nSPS) is 23.9. The van der Waals surface area contributed by atoms with Gasteiger partial charge in [0, 0.05) is 10.5 Å². The zero-order chi connectivity index (χ0) is 12.7. The van der Waals surface area contributed by atoms with E-state index in [4.69, 9.17) is 9.72 Å². The molecule has 4 nitrogen and oxygen atoms in total. The molecule has 0 spiro atoms. The van der Waals surface area contributed by atoms with Crippen LogP contribution in [0.15, 0.2) is 16.6 Å². The smallest absolute Gasteiger partial charge is 0.114 e. The monoisotopic (exact) mass is 309 g/mol. The Morgan fingerprint density at radius 3 is 3.06 bits per heavy atom. The molecule has 2 N–H and O–H groups in total. The highest BCUT2D eigenvalue weighted by molar-refractivity contribution is 9.10. The molecule has 1 aliphatic heterocycles. The summed E-state index contributed by atoms with van der Waals surface area (Å²) in [6.07, 6.45) is 0. The second-order valence-corrected chi connectivity index (χ2v) is 5.70. The molecule has 1 aromatic carbocycles. The van der Waals surface area contributed by atoms with Gasteiger partial charge in [-0.3, -0.25) is 0 Å². The maximum atomic E-state index is 5.53. The number of nitrogens with zero attached hydrogens (tertiary/aromatic N) is 1. The predicted octanol–water partition coefficient (Wildman–Crippen LogP) is 2.34. The van der Waals surface area contributed by atoms with E-state index in [-0.39, 0.29) is 0 Å². The number of likely N-dealkylation sites (N-methyl/N-ethyl adjacent to an activating group) is 1. The molecule has 1 fully saturated rings. The Hall–Kier alpha value is -0.910. The van der Waals surface area contributed by atoms with Crippen molar-refractivity contribution in [2.75, 3.05) is 20.3 Å². The van der Waals surface area contributed by atoms with Crippen molar-refractivity contribution < 1.29 is 4.74 Å². The number of ether oxygens (including phenoxy) is 1. The lowest BCUT2D eigenvalue weighted by molar-refractivity contribution is 0.188. The zero-order valence-electron chi connectivity index (χ0n) is 10.5. The first-order valence-electron chi connectivity index (χ1n) is 6.10. The van der Waals surface area contributed by atoms with Crippen LogP contribution in [0.1, 0.15) is 17.3 Å². The zero-order valence-corrected chi connectivity index (χ0v) is 12.0. The summed E-state index contributed by atoms with van der Waals surface area (Å²) in [4.78, 5) is 8.16. The van der Waals surface area contributed by atoms with Gasteiger partial charge < -0.3 is 15.0 Å². The summed E-state index contributed by atoms with van der Waals surface area (Å²) in [6.45, 7) is 3.56. The van der Waals surface area contributed by atoms with Gasteiger partial charge in [-0.2, -0.15) is 0 Å². The lowest BCUT2D eigenvalue weighted by Crippen LogP contribution is -2.31. The molecule has 0 radical (unpaired) electrons. The molecule has 2 aromatic rings. The predicted molar refractivity (Wildman–Crippen MR) is 74.9 cm³/mol. The van der Waals surface area contributed by atoms with E-state index in [1.54, 1.807) is 0 Å². The van der Waals surface area contributed by atoms with Crippen molar-refractivity contribution in [2.45, 2.75) is 18.9 Å². The molecule has 1 aliphatic rings. The molecule has 3 rings (SSSR count). The number of aromatic nitrogens is 2. The van der Waals surface area contributed by atoms with Crippen LogP contribution in [0.3, 0.4) is 0 Å². The lowest BCUT2D eigenvalue weighted by Gasteiger charge is -2.13. The quantitative estimate of drug-likeness (QED) is 0.895. The molecule has 0 amide bonds. The fraction of sp³-hybridized carbons (Fsp3) is 0.462. The third-order valence-corrected chi connectivity index (χ3v) is 4.02. The van der Waals surface area contributed by atoms with Gasteiger partial charge in [-0.15, -0.1) is 0 Å². The molecule has 0 saturated carbocycles. The van der Waals surface area contributed by atoms with Crippen molar-refractivity contribution in [3.8, 4) is 0 Å². The number of fused-ring (bicyclic) bond motifs is 1. The Balaban J connectivity index is 2.05. The van der Waals surface area contributed by atoms with Crippen LogP contribution in [0, 0.1) is 6.92 Å². The van der Waals surface area contributed by atoms with Crippen LogP contribution in [-0.4, -0.2) is 36.3 Å². The summed E-state index contributed by atoms with van der Waals surface area (Å²) in [5.41, 5.74) is 3.32. The number of imidazole rings is 1. The van der Waals surface area contributed by atoms with Crippen LogP contribution in [0.25, 0.3) is 11.0 Å². The second kappa shape index (κ2) is 4.64. The van der Waals surface area contributed by atoms with E-state index >= 15 is 0 Å². The minimum absolute atomic E-state index is 0.306. The van der Waals surface area contributed by atoms with Crippen LogP contribution in [-0.2, 0) is 4.74 Å². The first-order valence-corrected chi connectivity index (χ1v) is 6.89. The molecule has 96 valence electrons. The molecule has 0 bridgehead atoms. The maximum absolute atomic E-state index is 5.53. The van der Waals surface area contributed by atoms with Crippen LogP contribution >= 0.6 is 15.9 Å². The van der Waals surface area contributed by atoms with Gasteiger partial charge in [0.15, 0.2) is 0 Å². The molecule has 2 unspecified atom stereocenters. The van der Waals surface area contributed by atoms with Gasteiger partial charge >= 0.3 is 0 Å². The third-order valence-electron chi connectivity index (χ3n) is 3.56. The van der Waals surface area contributed by atoms with Crippen LogP contribution in [0.2, 0.25) is 0 Å².